The molecule has 1 fully saturated rings. The highest BCUT2D eigenvalue weighted by Crippen LogP contribution is 2.23. The Kier molecular flexibility index (Phi) is 6.92. The Balaban J connectivity index is 1.63. The van der Waals surface area contributed by atoms with Crippen molar-refractivity contribution >= 4 is 11.8 Å². The number of benzene rings is 1. The minimum absolute atomic E-state index is 0.0778. The molecule has 0 spiro atoms. The highest BCUT2D eigenvalue weighted by molar-refractivity contribution is 5.91. The number of rotatable bonds is 8. The summed E-state index contributed by atoms with van der Waals surface area (Å²) in [4.78, 5) is 26.4. The summed E-state index contributed by atoms with van der Waals surface area (Å²) in [5, 5.41) is 10.5. The zero-order valence-electron chi connectivity index (χ0n) is 16.7. The van der Waals surface area contributed by atoms with Crippen molar-refractivity contribution in [3.63, 3.8) is 0 Å². The lowest BCUT2D eigenvalue weighted by molar-refractivity contribution is -0.131. The summed E-state index contributed by atoms with van der Waals surface area (Å²) >= 11 is 0. The Morgan fingerprint density at radius 2 is 2.14 bits per heavy atom. The van der Waals surface area contributed by atoms with Gasteiger partial charge in [-0.1, -0.05) is 29.5 Å². The van der Waals surface area contributed by atoms with Gasteiger partial charge in [0, 0.05) is 20.1 Å². The molecule has 0 aliphatic carbocycles. The first-order valence-corrected chi connectivity index (χ1v) is 9.63. The first kappa shape index (κ1) is 20.9. The summed E-state index contributed by atoms with van der Waals surface area (Å²) in [6.07, 6.45) is 0.925. The minimum Gasteiger partial charge on any atom is -0.383 e. The second-order valence-electron chi connectivity index (χ2n) is 7.21. The topological polar surface area (TPSA) is 89.4 Å². The van der Waals surface area contributed by atoms with Gasteiger partial charge in [0.25, 0.3) is 5.91 Å². The van der Waals surface area contributed by atoms with Crippen LogP contribution in [0.25, 0.3) is 0 Å². The van der Waals surface area contributed by atoms with Crippen LogP contribution in [0.15, 0.2) is 30.5 Å². The molecule has 0 bridgehead atoms. The lowest BCUT2D eigenvalue weighted by Gasteiger charge is -2.24. The van der Waals surface area contributed by atoms with Crippen LogP contribution in [0.5, 0.6) is 0 Å². The number of halogens is 1. The molecule has 2 heterocycles. The number of hydrogen-bond acceptors (Lipinski definition) is 5. The van der Waals surface area contributed by atoms with Crippen LogP contribution in [-0.4, -0.2) is 70.7 Å². The fourth-order valence-electron chi connectivity index (χ4n) is 3.48. The van der Waals surface area contributed by atoms with E-state index in [2.05, 4.69) is 15.6 Å². The van der Waals surface area contributed by atoms with Crippen LogP contribution < -0.4 is 5.32 Å². The molecule has 2 amide bonds. The zero-order valence-corrected chi connectivity index (χ0v) is 16.7. The fraction of sp³-hybridized carbons (Fsp3) is 0.500. The second kappa shape index (κ2) is 9.60. The number of hydrogen-bond donors (Lipinski definition) is 1. The molecule has 9 heteroatoms. The third-order valence-corrected chi connectivity index (χ3v) is 5.05. The Bertz CT molecular complexity index is 856. The van der Waals surface area contributed by atoms with Crippen molar-refractivity contribution in [1.82, 2.24) is 25.2 Å². The van der Waals surface area contributed by atoms with Crippen LogP contribution in [0, 0.1) is 6.92 Å². The molecule has 8 nitrogen and oxygen atoms in total. The number of aromatic nitrogens is 3. The van der Waals surface area contributed by atoms with E-state index >= 15 is 0 Å². The molecule has 1 aromatic heterocycles. The fourth-order valence-corrected chi connectivity index (χ4v) is 3.48. The van der Waals surface area contributed by atoms with Crippen molar-refractivity contribution < 1.29 is 18.7 Å². The molecular formula is C20H26FN5O3. The minimum atomic E-state index is -1.07. The van der Waals surface area contributed by atoms with E-state index < -0.39 is 6.17 Å². The van der Waals surface area contributed by atoms with E-state index in [0.717, 1.165) is 11.1 Å². The molecule has 2 unspecified atom stereocenters. The average Bonchev–Trinajstić information content (AvgIpc) is 3.30. The van der Waals surface area contributed by atoms with Crippen molar-refractivity contribution in [2.75, 3.05) is 26.8 Å². The number of likely N-dealkylation sites (tertiary alicyclic amines) is 1. The Hall–Kier alpha value is -2.81. The van der Waals surface area contributed by atoms with Crippen LogP contribution in [0.2, 0.25) is 0 Å². The molecule has 0 saturated carbocycles. The predicted molar refractivity (Wildman–Crippen MR) is 104 cm³/mol. The highest BCUT2D eigenvalue weighted by Gasteiger charge is 2.35. The van der Waals surface area contributed by atoms with E-state index in [4.69, 9.17) is 4.74 Å². The van der Waals surface area contributed by atoms with Crippen LogP contribution >= 0.6 is 0 Å². The van der Waals surface area contributed by atoms with Crippen LogP contribution in [-0.2, 0) is 22.5 Å². The maximum atomic E-state index is 14.1. The Labute approximate surface area is 169 Å². The number of aryl methyl sites for hydroxylation is 1. The molecule has 1 N–H and O–H groups in total. The van der Waals surface area contributed by atoms with Crippen molar-refractivity contribution in [2.24, 2.45) is 0 Å². The third-order valence-electron chi connectivity index (χ3n) is 5.05. The number of carbonyl (C=O) groups is 2. The maximum absolute atomic E-state index is 14.1. The predicted octanol–water partition coefficient (Wildman–Crippen LogP) is 1.14. The number of nitrogens with zero attached hydrogens (tertiary/aromatic N) is 4. The molecule has 156 valence electrons. The van der Waals surface area contributed by atoms with Gasteiger partial charge in [0.05, 0.1) is 38.4 Å². The lowest BCUT2D eigenvalue weighted by atomic mass is 10.1. The van der Waals surface area contributed by atoms with Gasteiger partial charge in [-0.2, -0.15) is 0 Å². The zero-order chi connectivity index (χ0) is 20.8. The summed E-state index contributed by atoms with van der Waals surface area (Å²) in [7, 11) is 1.55. The van der Waals surface area contributed by atoms with E-state index in [-0.39, 0.29) is 49.5 Å². The number of ether oxygens (including phenoxy) is 1. The Morgan fingerprint density at radius 1 is 1.34 bits per heavy atom. The molecule has 0 radical (unpaired) electrons. The summed E-state index contributed by atoms with van der Waals surface area (Å²) in [5.41, 5.74) is 2.15. The molecule has 1 aliphatic rings. The number of methoxy groups -OCH3 is 1. The third kappa shape index (κ3) is 5.38. The van der Waals surface area contributed by atoms with Gasteiger partial charge in [0.15, 0.2) is 5.69 Å². The summed E-state index contributed by atoms with van der Waals surface area (Å²) in [6.45, 7) is 3.09. The van der Waals surface area contributed by atoms with Gasteiger partial charge in [0.1, 0.15) is 6.17 Å². The van der Waals surface area contributed by atoms with Crippen LogP contribution in [0.1, 0.15) is 28.0 Å². The monoisotopic (exact) mass is 403 g/mol. The van der Waals surface area contributed by atoms with Crippen molar-refractivity contribution in [1.29, 1.82) is 0 Å². The molecule has 2 aromatic rings. The lowest BCUT2D eigenvalue weighted by Crippen LogP contribution is -2.39. The van der Waals surface area contributed by atoms with Crippen molar-refractivity contribution in [3.8, 4) is 0 Å². The second-order valence-corrected chi connectivity index (χ2v) is 7.21. The standard InChI is InChI=1S/C20H26FN5O3/c1-14-5-3-4-6-15(14)9-19(27)26-11-16(21)10-17(26)12-25-13-18(23-24-25)20(28)22-7-8-29-2/h3-6,13,16-17H,7-12H2,1-2H3,(H,22,28). The summed E-state index contributed by atoms with van der Waals surface area (Å²) in [5.74, 6) is -0.460. The number of carbonyl (C=O) groups excluding carboxylic acids is 2. The van der Waals surface area contributed by atoms with Gasteiger partial charge in [0.2, 0.25) is 5.91 Å². The highest BCUT2D eigenvalue weighted by atomic mass is 19.1. The molecule has 1 aliphatic heterocycles. The van der Waals surface area contributed by atoms with E-state index in [0.29, 0.717) is 13.2 Å². The van der Waals surface area contributed by atoms with Crippen molar-refractivity contribution in [2.45, 2.75) is 38.5 Å². The molecular weight excluding hydrogens is 377 g/mol. The van der Waals surface area contributed by atoms with Gasteiger partial charge in [-0.3, -0.25) is 9.59 Å². The molecule has 2 atom stereocenters. The van der Waals surface area contributed by atoms with Gasteiger partial charge in [-0.25, -0.2) is 9.07 Å². The van der Waals surface area contributed by atoms with Gasteiger partial charge in [-0.15, -0.1) is 5.10 Å². The van der Waals surface area contributed by atoms with E-state index in [1.54, 1.807) is 12.0 Å². The van der Waals surface area contributed by atoms with E-state index in [9.17, 15) is 14.0 Å². The first-order valence-electron chi connectivity index (χ1n) is 9.63. The number of nitrogens with one attached hydrogen (secondary N) is 1. The smallest absolute Gasteiger partial charge is 0.273 e. The number of alkyl halides is 1. The van der Waals surface area contributed by atoms with E-state index in [1.165, 1.54) is 10.9 Å². The van der Waals surface area contributed by atoms with Gasteiger partial charge in [-0.05, 0) is 18.1 Å². The maximum Gasteiger partial charge on any atom is 0.273 e. The molecule has 3 rings (SSSR count). The summed E-state index contributed by atoms with van der Waals surface area (Å²) in [6, 6.07) is 7.36. The average molecular weight is 403 g/mol. The largest absolute Gasteiger partial charge is 0.383 e. The van der Waals surface area contributed by atoms with E-state index in [1.807, 2.05) is 31.2 Å². The molecule has 29 heavy (non-hydrogen) atoms. The van der Waals surface area contributed by atoms with Gasteiger partial charge < -0.3 is 15.0 Å². The molecule has 1 aromatic carbocycles. The summed E-state index contributed by atoms with van der Waals surface area (Å²) < 4.78 is 20.5. The normalized spacial score (nSPS) is 18.8. The van der Waals surface area contributed by atoms with Crippen molar-refractivity contribution in [3.05, 3.63) is 47.3 Å². The SMILES string of the molecule is COCCNC(=O)c1cn(CC2CC(F)CN2C(=O)Cc2ccccc2C)nn1. The number of amides is 2. The molecule has 1 saturated heterocycles. The Morgan fingerprint density at radius 3 is 2.90 bits per heavy atom. The first-order chi connectivity index (χ1) is 14.0. The van der Waals surface area contributed by atoms with Crippen LogP contribution in [0.3, 0.4) is 0 Å². The van der Waals surface area contributed by atoms with Crippen LogP contribution in [0.4, 0.5) is 4.39 Å². The van der Waals surface area contributed by atoms with Gasteiger partial charge >= 0.3 is 0 Å². The quantitative estimate of drug-likeness (QED) is 0.668.